The van der Waals surface area contributed by atoms with E-state index in [4.69, 9.17) is 24.5 Å². The predicted octanol–water partition coefficient (Wildman–Crippen LogP) is 3.73. The molecule has 0 spiro atoms. The Balaban J connectivity index is 2.05. The van der Waals surface area contributed by atoms with Gasteiger partial charge in [-0.25, -0.2) is 9.97 Å². The molecule has 21 heavy (non-hydrogen) atoms. The van der Waals surface area contributed by atoms with E-state index < -0.39 is 0 Å². The maximum Gasteiger partial charge on any atom is 0.101 e. The predicted molar refractivity (Wildman–Crippen MR) is 79.4 cm³/mol. The fourth-order valence-corrected chi connectivity index (χ4v) is 2.27. The molecule has 0 aliphatic rings. The molecule has 0 amide bonds. The molecule has 5 heteroatoms. The lowest BCUT2D eigenvalue weighted by Crippen LogP contribution is -1.95. The number of rotatable bonds is 2. The van der Waals surface area contributed by atoms with Crippen LogP contribution in [-0.2, 0) is 0 Å². The van der Waals surface area contributed by atoms with Crippen LogP contribution in [0.4, 0.5) is 5.69 Å². The number of aromatic nitrogens is 2. The van der Waals surface area contributed by atoms with E-state index in [9.17, 15) is 0 Å². The standard InChI is InChI=1S/C16H11N3O2/c17-12-1-2-13-14(7-12)19-16(11-4-6-21-9-11)15(18-13)10-3-5-20-8-10/h1-9H,17H2. The molecule has 0 radical (unpaired) electrons. The Hall–Kier alpha value is -3.08. The highest BCUT2D eigenvalue weighted by Crippen LogP contribution is 2.31. The first-order chi connectivity index (χ1) is 10.3. The van der Waals surface area contributed by atoms with Gasteiger partial charge in [-0.15, -0.1) is 0 Å². The van der Waals surface area contributed by atoms with Gasteiger partial charge in [-0.2, -0.15) is 0 Å². The van der Waals surface area contributed by atoms with Gasteiger partial charge in [0.15, 0.2) is 0 Å². The van der Waals surface area contributed by atoms with Gasteiger partial charge in [0, 0.05) is 16.8 Å². The maximum atomic E-state index is 5.82. The van der Waals surface area contributed by atoms with Crippen LogP contribution in [0.5, 0.6) is 0 Å². The molecule has 2 N–H and O–H groups in total. The number of nitrogen functional groups attached to an aromatic ring is 1. The number of hydrogen-bond donors (Lipinski definition) is 1. The van der Waals surface area contributed by atoms with Gasteiger partial charge >= 0.3 is 0 Å². The quantitative estimate of drug-likeness (QED) is 0.565. The Morgan fingerprint density at radius 2 is 1.38 bits per heavy atom. The van der Waals surface area contributed by atoms with Crippen molar-refractivity contribution in [3.8, 4) is 22.5 Å². The highest BCUT2D eigenvalue weighted by molar-refractivity contribution is 5.87. The second kappa shape index (κ2) is 4.49. The van der Waals surface area contributed by atoms with Crippen LogP contribution in [0, 0.1) is 0 Å². The van der Waals surface area contributed by atoms with E-state index in [1.807, 2.05) is 30.3 Å². The van der Waals surface area contributed by atoms with Crippen LogP contribution < -0.4 is 5.73 Å². The molecule has 1 aromatic carbocycles. The number of nitrogens with two attached hydrogens (primary N) is 1. The molecule has 5 nitrogen and oxygen atoms in total. The Bertz CT molecular complexity index is 897. The molecule has 0 bridgehead atoms. The van der Waals surface area contributed by atoms with Crippen molar-refractivity contribution < 1.29 is 8.83 Å². The van der Waals surface area contributed by atoms with Crippen LogP contribution in [0.1, 0.15) is 0 Å². The van der Waals surface area contributed by atoms with E-state index in [1.165, 1.54) is 0 Å². The lowest BCUT2D eigenvalue weighted by molar-refractivity contribution is 0.567. The third-order valence-corrected chi connectivity index (χ3v) is 3.28. The summed E-state index contributed by atoms with van der Waals surface area (Å²) in [5.41, 5.74) is 11.2. The molecule has 0 saturated heterocycles. The van der Waals surface area contributed by atoms with Crippen molar-refractivity contribution in [3.63, 3.8) is 0 Å². The first-order valence-electron chi connectivity index (χ1n) is 6.44. The minimum atomic E-state index is 0.658. The van der Waals surface area contributed by atoms with Gasteiger partial charge in [0.1, 0.15) is 11.4 Å². The van der Waals surface area contributed by atoms with Crippen LogP contribution in [0.15, 0.2) is 64.2 Å². The topological polar surface area (TPSA) is 78.1 Å². The zero-order valence-corrected chi connectivity index (χ0v) is 11.0. The molecule has 4 rings (SSSR count). The monoisotopic (exact) mass is 277 g/mol. The number of nitrogens with zero attached hydrogens (tertiary/aromatic N) is 2. The van der Waals surface area contributed by atoms with Crippen molar-refractivity contribution in [1.82, 2.24) is 9.97 Å². The molecule has 0 atom stereocenters. The number of hydrogen-bond acceptors (Lipinski definition) is 5. The molecule has 3 aromatic heterocycles. The lowest BCUT2D eigenvalue weighted by atomic mass is 10.1. The number of anilines is 1. The van der Waals surface area contributed by atoms with Gasteiger partial charge in [0.05, 0.1) is 36.1 Å². The Kier molecular flexibility index (Phi) is 2.50. The SMILES string of the molecule is Nc1ccc2nc(-c3ccoc3)c(-c3ccoc3)nc2c1. The molecule has 0 aliphatic carbocycles. The molecule has 4 aromatic rings. The van der Waals surface area contributed by atoms with Crippen LogP contribution in [0.2, 0.25) is 0 Å². The van der Waals surface area contributed by atoms with Crippen LogP contribution in [0.25, 0.3) is 33.5 Å². The first-order valence-corrected chi connectivity index (χ1v) is 6.44. The Labute approximate surface area is 120 Å². The Morgan fingerprint density at radius 1 is 0.762 bits per heavy atom. The van der Waals surface area contributed by atoms with E-state index in [0.717, 1.165) is 33.5 Å². The van der Waals surface area contributed by atoms with E-state index in [2.05, 4.69) is 0 Å². The largest absolute Gasteiger partial charge is 0.472 e. The second-order valence-corrected chi connectivity index (χ2v) is 4.69. The average Bonchev–Trinajstić information content (AvgIpc) is 3.19. The zero-order valence-electron chi connectivity index (χ0n) is 11.0. The summed E-state index contributed by atoms with van der Waals surface area (Å²) in [5.74, 6) is 0. The van der Waals surface area contributed by atoms with Crippen molar-refractivity contribution in [1.29, 1.82) is 0 Å². The summed E-state index contributed by atoms with van der Waals surface area (Å²) in [6.07, 6.45) is 6.52. The van der Waals surface area contributed by atoms with E-state index in [-0.39, 0.29) is 0 Å². The molecule has 102 valence electrons. The van der Waals surface area contributed by atoms with Crippen molar-refractivity contribution in [2.75, 3.05) is 5.73 Å². The molecule has 0 aliphatic heterocycles. The van der Waals surface area contributed by atoms with Crippen molar-refractivity contribution in [2.45, 2.75) is 0 Å². The maximum absolute atomic E-state index is 5.82. The summed E-state index contributed by atoms with van der Waals surface area (Å²) in [7, 11) is 0. The summed E-state index contributed by atoms with van der Waals surface area (Å²) >= 11 is 0. The van der Waals surface area contributed by atoms with Gasteiger partial charge in [-0.3, -0.25) is 0 Å². The van der Waals surface area contributed by atoms with Gasteiger partial charge in [0.25, 0.3) is 0 Å². The second-order valence-electron chi connectivity index (χ2n) is 4.69. The number of benzene rings is 1. The molecular weight excluding hydrogens is 266 g/mol. The van der Waals surface area contributed by atoms with E-state index >= 15 is 0 Å². The van der Waals surface area contributed by atoms with E-state index in [1.54, 1.807) is 25.1 Å². The summed E-state index contributed by atoms with van der Waals surface area (Å²) in [6, 6.07) is 9.20. The van der Waals surface area contributed by atoms with Gasteiger partial charge < -0.3 is 14.6 Å². The van der Waals surface area contributed by atoms with Crippen LogP contribution >= 0.6 is 0 Å². The number of fused-ring (bicyclic) bond motifs is 1. The van der Waals surface area contributed by atoms with Gasteiger partial charge in [0.2, 0.25) is 0 Å². The Morgan fingerprint density at radius 3 is 1.95 bits per heavy atom. The van der Waals surface area contributed by atoms with Crippen LogP contribution in [0.3, 0.4) is 0 Å². The average molecular weight is 277 g/mol. The molecule has 0 unspecified atom stereocenters. The van der Waals surface area contributed by atoms with Gasteiger partial charge in [-0.05, 0) is 30.3 Å². The number of furan rings is 2. The van der Waals surface area contributed by atoms with Gasteiger partial charge in [-0.1, -0.05) is 0 Å². The van der Waals surface area contributed by atoms with Crippen molar-refractivity contribution in [2.24, 2.45) is 0 Å². The third kappa shape index (κ3) is 1.95. The van der Waals surface area contributed by atoms with Crippen molar-refractivity contribution in [3.05, 3.63) is 55.4 Å². The summed E-state index contributed by atoms with van der Waals surface area (Å²) in [4.78, 5) is 9.39. The molecule has 0 saturated carbocycles. The fourth-order valence-electron chi connectivity index (χ4n) is 2.27. The molecular formula is C16H11N3O2. The first kappa shape index (κ1) is 11.7. The molecule has 0 fully saturated rings. The molecule has 3 heterocycles. The third-order valence-electron chi connectivity index (χ3n) is 3.28. The summed E-state index contributed by atoms with van der Waals surface area (Å²) < 4.78 is 10.3. The highest BCUT2D eigenvalue weighted by Gasteiger charge is 2.14. The fraction of sp³-hybridized carbons (Fsp3) is 0. The van der Waals surface area contributed by atoms with Crippen LogP contribution in [-0.4, -0.2) is 9.97 Å². The smallest absolute Gasteiger partial charge is 0.101 e. The van der Waals surface area contributed by atoms with Crippen molar-refractivity contribution >= 4 is 16.7 Å². The lowest BCUT2D eigenvalue weighted by Gasteiger charge is -2.07. The summed E-state index contributed by atoms with van der Waals surface area (Å²) in [5, 5.41) is 0. The minimum absolute atomic E-state index is 0.658. The minimum Gasteiger partial charge on any atom is -0.472 e. The zero-order chi connectivity index (χ0) is 14.2. The normalized spacial score (nSPS) is 11.0. The summed E-state index contributed by atoms with van der Waals surface area (Å²) in [6.45, 7) is 0. The van der Waals surface area contributed by atoms with E-state index in [0.29, 0.717) is 5.69 Å². The highest BCUT2D eigenvalue weighted by atomic mass is 16.3.